The minimum Gasteiger partial charge on any atom is -0.387 e. The number of halogens is 3. The Morgan fingerprint density at radius 2 is 1.78 bits per heavy atom. The maximum absolute atomic E-state index is 12.7. The molecular formula is C11H21F3N4. The Hall–Kier alpha value is -0.820. The Labute approximate surface area is 105 Å². The van der Waals surface area contributed by atoms with Crippen LogP contribution >= 0.6 is 0 Å². The third-order valence-electron chi connectivity index (χ3n) is 3.65. The standard InChI is InChI=1S/C11H21F3N4/c1-7-4-18(5-8(2)17(7)3)6-9(10(15)16)11(12,13)14/h7-9H,4-6H2,1-3H3,(H3,15,16). The van der Waals surface area contributed by atoms with Crippen LogP contribution in [0, 0.1) is 11.3 Å². The highest BCUT2D eigenvalue weighted by atomic mass is 19.4. The second kappa shape index (κ2) is 5.44. The zero-order valence-electron chi connectivity index (χ0n) is 11.0. The maximum Gasteiger partial charge on any atom is 0.399 e. The van der Waals surface area contributed by atoms with Gasteiger partial charge in [-0.2, -0.15) is 13.2 Å². The third-order valence-corrected chi connectivity index (χ3v) is 3.65. The Morgan fingerprint density at radius 3 is 2.11 bits per heavy atom. The molecule has 0 spiro atoms. The number of hydrogen-bond acceptors (Lipinski definition) is 3. The van der Waals surface area contributed by atoms with E-state index in [0.29, 0.717) is 13.1 Å². The number of likely N-dealkylation sites (N-methyl/N-ethyl adjacent to an activating group) is 1. The van der Waals surface area contributed by atoms with Crippen LogP contribution in [0.1, 0.15) is 13.8 Å². The molecule has 4 nitrogen and oxygen atoms in total. The van der Waals surface area contributed by atoms with Crippen LogP contribution in [0.15, 0.2) is 0 Å². The van der Waals surface area contributed by atoms with E-state index in [1.807, 2.05) is 20.9 Å². The number of nitrogens with one attached hydrogen (secondary N) is 1. The van der Waals surface area contributed by atoms with Crippen molar-refractivity contribution in [1.82, 2.24) is 9.80 Å². The molecule has 18 heavy (non-hydrogen) atoms. The summed E-state index contributed by atoms with van der Waals surface area (Å²) in [7, 11) is 1.97. The van der Waals surface area contributed by atoms with Crippen molar-refractivity contribution in [2.24, 2.45) is 11.7 Å². The van der Waals surface area contributed by atoms with Crippen molar-refractivity contribution in [2.45, 2.75) is 32.1 Å². The summed E-state index contributed by atoms with van der Waals surface area (Å²) in [5.41, 5.74) is 5.06. The van der Waals surface area contributed by atoms with Gasteiger partial charge in [-0.15, -0.1) is 0 Å². The molecule has 0 bridgehead atoms. The molecule has 1 saturated heterocycles. The molecule has 106 valence electrons. The molecule has 0 saturated carbocycles. The molecule has 3 unspecified atom stereocenters. The largest absolute Gasteiger partial charge is 0.399 e. The second-order valence-electron chi connectivity index (χ2n) is 5.13. The number of amidine groups is 1. The summed E-state index contributed by atoms with van der Waals surface area (Å²) >= 11 is 0. The van der Waals surface area contributed by atoms with E-state index in [0.717, 1.165) is 0 Å². The van der Waals surface area contributed by atoms with E-state index in [1.165, 1.54) is 0 Å². The van der Waals surface area contributed by atoms with Crippen LogP contribution in [-0.4, -0.2) is 60.6 Å². The lowest BCUT2D eigenvalue weighted by Crippen LogP contribution is -2.57. The molecule has 0 aromatic rings. The molecule has 1 heterocycles. The van der Waals surface area contributed by atoms with Gasteiger partial charge in [0.05, 0.1) is 0 Å². The van der Waals surface area contributed by atoms with Crippen LogP contribution in [-0.2, 0) is 0 Å². The first-order valence-electron chi connectivity index (χ1n) is 5.97. The lowest BCUT2D eigenvalue weighted by molar-refractivity contribution is -0.162. The van der Waals surface area contributed by atoms with Gasteiger partial charge in [0, 0.05) is 31.7 Å². The number of hydrogen-bond donors (Lipinski definition) is 2. The van der Waals surface area contributed by atoms with E-state index in [2.05, 4.69) is 4.90 Å². The molecule has 1 aliphatic heterocycles. The van der Waals surface area contributed by atoms with Crippen molar-refractivity contribution in [2.75, 3.05) is 26.7 Å². The van der Waals surface area contributed by atoms with Crippen LogP contribution in [0.4, 0.5) is 13.2 Å². The molecule has 3 atom stereocenters. The first-order chi connectivity index (χ1) is 8.12. The molecule has 1 aliphatic rings. The predicted octanol–water partition coefficient (Wildman–Crippen LogP) is 1.13. The average Bonchev–Trinajstić information content (AvgIpc) is 2.20. The summed E-state index contributed by atoms with van der Waals surface area (Å²) < 4.78 is 38.2. The minimum atomic E-state index is -4.44. The van der Waals surface area contributed by atoms with Crippen LogP contribution in [0.2, 0.25) is 0 Å². The minimum absolute atomic E-state index is 0.203. The van der Waals surface area contributed by atoms with Gasteiger partial charge >= 0.3 is 6.18 Å². The lowest BCUT2D eigenvalue weighted by atomic mass is 10.0. The van der Waals surface area contributed by atoms with Crippen LogP contribution < -0.4 is 5.73 Å². The SMILES string of the molecule is CC1CN(CC(C(=N)N)C(F)(F)F)CC(C)N1C. The van der Waals surface area contributed by atoms with Gasteiger partial charge in [-0.1, -0.05) is 0 Å². The maximum atomic E-state index is 12.7. The Kier molecular flexibility index (Phi) is 4.61. The fourth-order valence-corrected chi connectivity index (χ4v) is 2.30. The second-order valence-corrected chi connectivity index (χ2v) is 5.13. The zero-order chi connectivity index (χ0) is 14.1. The molecule has 0 aromatic carbocycles. The highest BCUT2D eigenvalue weighted by Crippen LogP contribution is 2.28. The summed E-state index contributed by atoms with van der Waals surface area (Å²) in [5.74, 6) is -2.66. The number of nitrogens with two attached hydrogens (primary N) is 1. The molecule has 1 fully saturated rings. The van der Waals surface area contributed by atoms with Gasteiger partial charge in [-0.25, -0.2) is 0 Å². The third kappa shape index (κ3) is 3.58. The van der Waals surface area contributed by atoms with Crippen molar-refractivity contribution in [1.29, 1.82) is 5.41 Å². The van der Waals surface area contributed by atoms with Crippen molar-refractivity contribution in [3.8, 4) is 0 Å². The van der Waals surface area contributed by atoms with Crippen molar-refractivity contribution < 1.29 is 13.2 Å². The van der Waals surface area contributed by atoms with E-state index < -0.39 is 17.9 Å². The molecule has 0 aliphatic carbocycles. The van der Waals surface area contributed by atoms with Gasteiger partial charge in [-0.05, 0) is 20.9 Å². The van der Waals surface area contributed by atoms with Gasteiger partial charge < -0.3 is 5.73 Å². The molecule has 7 heteroatoms. The van der Waals surface area contributed by atoms with Crippen LogP contribution in [0.3, 0.4) is 0 Å². The van der Waals surface area contributed by atoms with Gasteiger partial charge in [-0.3, -0.25) is 15.2 Å². The number of piperazine rings is 1. The van der Waals surface area contributed by atoms with Gasteiger partial charge in [0.15, 0.2) is 0 Å². The van der Waals surface area contributed by atoms with E-state index in [1.54, 1.807) is 4.90 Å². The molecule has 3 N–H and O–H groups in total. The molecule has 0 radical (unpaired) electrons. The first-order valence-corrected chi connectivity index (χ1v) is 5.97. The Bertz CT molecular complexity index is 293. The number of nitrogens with zero attached hydrogens (tertiary/aromatic N) is 2. The summed E-state index contributed by atoms with van der Waals surface area (Å²) in [4.78, 5) is 3.89. The van der Waals surface area contributed by atoms with E-state index >= 15 is 0 Å². The molecule has 0 aromatic heterocycles. The first kappa shape index (κ1) is 15.2. The zero-order valence-corrected chi connectivity index (χ0v) is 11.0. The van der Waals surface area contributed by atoms with Crippen molar-refractivity contribution >= 4 is 5.84 Å². The van der Waals surface area contributed by atoms with E-state index in [4.69, 9.17) is 11.1 Å². The Morgan fingerprint density at radius 1 is 1.33 bits per heavy atom. The topological polar surface area (TPSA) is 56.4 Å². The lowest BCUT2D eigenvalue weighted by Gasteiger charge is -2.43. The number of rotatable bonds is 3. The average molecular weight is 266 g/mol. The van der Waals surface area contributed by atoms with Gasteiger partial charge in [0.2, 0.25) is 0 Å². The predicted molar refractivity (Wildman–Crippen MR) is 64.6 cm³/mol. The van der Waals surface area contributed by atoms with E-state index in [-0.39, 0.29) is 18.6 Å². The van der Waals surface area contributed by atoms with Gasteiger partial charge in [0.25, 0.3) is 0 Å². The van der Waals surface area contributed by atoms with Crippen molar-refractivity contribution in [3.63, 3.8) is 0 Å². The smallest absolute Gasteiger partial charge is 0.387 e. The monoisotopic (exact) mass is 266 g/mol. The molecule has 1 rings (SSSR count). The Balaban J connectivity index is 2.69. The summed E-state index contributed by atoms with van der Waals surface area (Å²) in [6.07, 6.45) is -4.44. The molecular weight excluding hydrogens is 245 g/mol. The molecule has 0 amide bonds. The summed E-state index contributed by atoms with van der Waals surface area (Å²) in [5, 5.41) is 7.09. The summed E-state index contributed by atoms with van der Waals surface area (Å²) in [6.45, 7) is 4.89. The van der Waals surface area contributed by atoms with Crippen LogP contribution in [0.5, 0.6) is 0 Å². The van der Waals surface area contributed by atoms with E-state index in [9.17, 15) is 13.2 Å². The summed E-state index contributed by atoms with van der Waals surface area (Å²) in [6, 6.07) is 0.407. The van der Waals surface area contributed by atoms with Crippen LogP contribution in [0.25, 0.3) is 0 Å². The highest BCUT2D eigenvalue weighted by molar-refractivity contribution is 5.80. The fraction of sp³-hybridized carbons (Fsp3) is 0.909. The number of alkyl halides is 3. The quantitative estimate of drug-likeness (QED) is 0.594. The normalized spacial score (nSPS) is 29.2. The van der Waals surface area contributed by atoms with Crippen molar-refractivity contribution in [3.05, 3.63) is 0 Å². The fourth-order valence-electron chi connectivity index (χ4n) is 2.30. The van der Waals surface area contributed by atoms with Gasteiger partial charge in [0.1, 0.15) is 11.8 Å². The highest BCUT2D eigenvalue weighted by Gasteiger charge is 2.43.